The number of hydrogen-bond acceptors (Lipinski definition) is 4. The lowest BCUT2D eigenvalue weighted by Gasteiger charge is -2.09. The molecule has 0 bridgehead atoms. The van der Waals surface area contributed by atoms with Gasteiger partial charge in [0.25, 0.3) is 5.91 Å². The van der Waals surface area contributed by atoms with E-state index in [9.17, 15) is 4.79 Å². The van der Waals surface area contributed by atoms with Crippen LogP contribution >= 0.6 is 23.2 Å². The number of para-hydroxylation sites is 1. The number of carbonyl (C=O) groups is 1. The number of nitrogens with one attached hydrogen (secondary N) is 1. The Bertz CT molecular complexity index is 1150. The Morgan fingerprint density at radius 2 is 1.64 bits per heavy atom. The van der Waals surface area contributed by atoms with Gasteiger partial charge in [-0.05, 0) is 42.5 Å². The molecule has 6 nitrogen and oxygen atoms in total. The number of halogens is 2. The molecule has 0 saturated heterocycles. The molecule has 4 aromatic rings. The number of nitrogens with zero attached hydrogens (tertiary/aromatic N) is 3. The van der Waals surface area contributed by atoms with Gasteiger partial charge in [-0.3, -0.25) is 4.79 Å². The Morgan fingerprint density at radius 3 is 2.32 bits per heavy atom. The van der Waals surface area contributed by atoms with Crippen molar-refractivity contribution in [3.05, 3.63) is 76.3 Å². The molecule has 1 amide bonds. The molecular weight excluding hydrogens is 399 g/mol. The molecule has 8 heteroatoms. The van der Waals surface area contributed by atoms with Gasteiger partial charge in [0.15, 0.2) is 5.75 Å². The van der Waals surface area contributed by atoms with Gasteiger partial charge in [0.1, 0.15) is 11.0 Å². The Balaban J connectivity index is 1.60. The first-order chi connectivity index (χ1) is 13.5. The van der Waals surface area contributed by atoms with Crippen LogP contribution in [0.25, 0.3) is 16.7 Å². The van der Waals surface area contributed by atoms with E-state index in [2.05, 4.69) is 15.5 Å². The molecule has 0 saturated carbocycles. The number of anilines is 1. The third-order valence-corrected chi connectivity index (χ3v) is 4.65. The van der Waals surface area contributed by atoms with Gasteiger partial charge in [-0.25, -0.2) is 0 Å². The molecule has 3 aromatic carbocycles. The molecule has 0 aliphatic rings. The molecule has 1 heterocycles. The van der Waals surface area contributed by atoms with Crippen LogP contribution in [-0.4, -0.2) is 28.0 Å². The second-order valence-electron chi connectivity index (χ2n) is 5.96. The van der Waals surface area contributed by atoms with E-state index in [1.54, 1.807) is 23.0 Å². The lowest BCUT2D eigenvalue weighted by molar-refractivity contribution is 0.102. The lowest BCUT2D eigenvalue weighted by Crippen LogP contribution is -2.12. The summed E-state index contributed by atoms with van der Waals surface area (Å²) < 4.78 is 5.10. The first-order valence-corrected chi connectivity index (χ1v) is 9.07. The predicted molar refractivity (Wildman–Crippen MR) is 110 cm³/mol. The van der Waals surface area contributed by atoms with Crippen molar-refractivity contribution >= 4 is 45.8 Å². The summed E-state index contributed by atoms with van der Waals surface area (Å²) in [6.45, 7) is 0. The molecule has 0 spiro atoms. The zero-order valence-electron chi connectivity index (χ0n) is 14.7. The van der Waals surface area contributed by atoms with E-state index in [0.29, 0.717) is 22.5 Å². The highest BCUT2D eigenvalue weighted by Crippen LogP contribution is 2.34. The van der Waals surface area contributed by atoms with E-state index in [1.807, 2.05) is 30.3 Å². The Labute approximate surface area is 170 Å². The van der Waals surface area contributed by atoms with Crippen LogP contribution in [0.2, 0.25) is 10.0 Å². The lowest BCUT2D eigenvalue weighted by atomic mass is 10.2. The van der Waals surface area contributed by atoms with Crippen LogP contribution in [0.1, 0.15) is 10.4 Å². The number of methoxy groups -OCH3 is 1. The molecule has 0 aliphatic carbocycles. The molecular formula is C20H14Cl2N4O2. The first-order valence-electron chi connectivity index (χ1n) is 8.32. The molecule has 4 rings (SSSR count). The van der Waals surface area contributed by atoms with Crippen molar-refractivity contribution in [3.63, 3.8) is 0 Å². The molecule has 0 radical (unpaired) electrons. The average Bonchev–Trinajstić information content (AvgIpc) is 3.12. The van der Waals surface area contributed by atoms with Gasteiger partial charge in [-0.2, -0.15) is 4.80 Å². The van der Waals surface area contributed by atoms with Gasteiger partial charge in [0, 0.05) is 11.3 Å². The SMILES string of the molecule is COc1c(Cl)cc(C(=O)Nc2ccc3nn(-c4ccccc4)nc3c2)cc1Cl. The van der Waals surface area contributed by atoms with Gasteiger partial charge in [-0.1, -0.05) is 41.4 Å². The van der Waals surface area contributed by atoms with Crippen molar-refractivity contribution in [2.45, 2.75) is 0 Å². The highest BCUT2D eigenvalue weighted by Gasteiger charge is 2.14. The highest BCUT2D eigenvalue weighted by atomic mass is 35.5. The molecule has 0 aliphatic heterocycles. The predicted octanol–water partition coefficient (Wildman–Crippen LogP) is 4.99. The van der Waals surface area contributed by atoms with E-state index < -0.39 is 0 Å². The molecule has 140 valence electrons. The molecule has 0 fully saturated rings. The van der Waals surface area contributed by atoms with Crippen LogP contribution in [0.3, 0.4) is 0 Å². The second-order valence-corrected chi connectivity index (χ2v) is 6.77. The maximum atomic E-state index is 12.6. The van der Waals surface area contributed by atoms with Crippen LogP contribution in [-0.2, 0) is 0 Å². The van der Waals surface area contributed by atoms with E-state index in [0.717, 1.165) is 11.2 Å². The number of carbonyl (C=O) groups excluding carboxylic acids is 1. The number of fused-ring (bicyclic) bond motifs is 1. The van der Waals surface area contributed by atoms with Crippen LogP contribution in [0.4, 0.5) is 5.69 Å². The Hall–Kier alpha value is -3.09. The third kappa shape index (κ3) is 3.52. The number of hydrogen-bond donors (Lipinski definition) is 1. The summed E-state index contributed by atoms with van der Waals surface area (Å²) in [6, 6.07) is 17.9. The highest BCUT2D eigenvalue weighted by molar-refractivity contribution is 6.37. The van der Waals surface area contributed by atoms with Crippen molar-refractivity contribution in [1.29, 1.82) is 0 Å². The van der Waals surface area contributed by atoms with Crippen molar-refractivity contribution in [2.75, 3.05) is 12.4 Å². The summed E-state index contributed by atoms with van der Waals surface area (Å²) in [5.41, 5.74) is 3.14. The van der Waals surface area contributed by atoms with Gasteiger partial charge in [-0.15, -0.1) is 10.2 Å². The monoisotopic (exact) mass is 412 g/mol. The van der Waals surface area contributed by atoms with Gasteiger partial charge < -0.3 is 10.1 Å². The quantitative estimate of drug-likeness (QED) is 0.512. The zero-order valence-corrected chi connectivity index (χ0v) is 16.2. The van der Waals surface area contributed by atoms with Crippen LogP contribution in [0.15, 0.2) is 60.7 Å². The number of aromatic nitrogens is 3. The molecule has 1 N–H and O–H groups in total. The van der Waals surface area contributed by atoms with Crippen molar-refractivity contribution in [1.82, 2.24) is 15.0 Å². The minimum absolute atomic E-state index is 0.265. The van der Waals surface area contributed by atoms with Crippen LogP contribution < -0.4 is 10.1 Å². The fraction of sp³-hybridized carbons (Fsp3) is 0.0500. The molecule has 28 heavy (non-hydrogen) atoms. The van der Waals surface area contributed by atoms with E-state index >= 15 is 0 Å². The fourth-order valence-corrected chi connectivity index (χ4v) is 3.40. The van der Waals surface area contributed by atoms with Crippen molar-refractivity contribution in [3.8, 4) is 11.4 Å². The van der Waals surface area contributed by atoms with E-state index in [4.69, 9.17) is 27.9 Å². The third-order valence-electron chi connectivity index (χ3n) is 4.09. The van der Waals surface area contributed by atoms with E-state index in [1.165, 1.54) is 19.2 Å². The van der Waals surface area contributed by atoms with Crippen molar-refractivity contribution < 1.29 is 9.53 Å². The largest absolute Gasteiger partial charge is 0.494 e. The van der Waals surface area contributed by atoms with E-state index in [-0.39, 0.29) is 16.0 Å². The van der Waals surface area contributed by atoms with Crippen LogP contribution in [0, 0.1) is 0 Å². The summed E-state index contributed by atoms with van der Waals surface area (Å²) in [5.74, 6) is -0.0138. The summed E-state index contributed by atoms with van der Waals surface area (Å²) in [5, 5.41) is 12.3. The van der Waals surface area contributed by atoms with Gasteiger partial charge in [0.05, 0.1) is 22.8 Å². The number of ether oxygens (including phenoxy) is 1. The number of rotatable bonds is 4. The fourth-order valence-electron chi connectivity index (χ4n) is 2.76. The zero-order chi connectivity index (χ0) is 19.7. The minimum atomic E-state index is -0.346. The Kier molecular flexibility index (Phi) is 4.90. The molecule has 1 aromatic heterocycles. The standard InChI is InChI=1S/C20H14Cl2N4O2/c1-28-19-15(21)9-12(10-16(19)22)20(27)23-13-7-8-17-18(11-13)25-26(24-17)14-5-3-2-4-6-14/h2-11H,1H3,(H,23,27). The Morgan fingerprint density at radius 1 is 0.964 bits per heavy atom. The molecule has 0 unspecified atom stereocenters. The topological polar surface area (TPSA) is 69.0 Å². The number of amides is 1. The average molecular weight is 413 g/mol. The van der Waals surface area contributed by atoms with Gasteiger partial charge >= 0.3 is 0 Å². The summed E-state index contributed by atoms with van der Waals surface area (Å²) in [4.78, 5) is 14.1. The summed E-state index contributed by atoms with van der Waals surface area (Å²) >= 11 is 12.2. The molecule has 0 atom stereocenters. The maximum Gasteiger partial charge on any atom is 0.255 e. The van der Waals surface area contributed by atoms with Gasteiger partial charge in [0.2, 0.25) is 0 Å². The summed E-state index contributed by atoms with van der Waals surface area (Å²) in [6.07, 6.45) is 0. The minimum Gasteiger partial charge on any atom is -0.494 e. The first kappa shape index (κ1) is 18.3. The number of benzene rings is 3. The van der Waals surface area contributed by atoms with Crippen molar-refractivity contribution in [2.24, 2.45) is 0 Å². The smallest absolute Gasteiger partial charge is 0.255 e. The maximum absolute atomic E-state index is 12.6. The summed E-state index contributed by atoms with van der Waals surface area (Å²) in [7, 11) is 1.46. The normalized spacial score (nSPS) is 10.8. The van der Waals surface area contributed by atoms with Crippen LogP contribution in [0.5, 0.6) is 5.75 Å². The second kappa shape index (κ2) is 7.50.